The van der Waals surface area contributed by atoms with Crippen molar-refractivity contribution in [2.75, 3.05) is 0 Å². The molecular weight excluding hydrogens is 556 g/mol. The van der Waals surface area contributed by atoms with Crippen LogP contribution in [0.5, 0.6) is 0 Å². The topological polar surface area (TPSA) is 63.6 Å². The van der Waals surface area contributed by atoms with Gasteiger partial charge in [0.05, 0.1) is 6.42 Å². The summed E-state index contributed by atoms with van der Waals surface area (Å²) in [6, 6.07) is 0. The first-order valence-electron chi connectivity index (χ1n) is 19.8. The Hall–Kier alpha value is -1.58. The van der Waals surface area contributed by atoms with Crippen LogP contribution in [0.1, 0.15) is 219 Å². The van der Waals surface area contributed by atoms with Gasteiger partial charge in [0, 0.05) is 6.42 Å². The summed E-state index contributed by atoms with van der Waals surface area (Å²) < 4.78 is 5.58. The first kappa shape index (κ1) is 43.4. The number of carboxylic acid groups (broad SMARTS) is 1. The molecule has 0 rings (SSSR count). The lowest BCUT2D eigenvalue weighted by atomic mass is 10.0. The molecule has 1 N–H and O–H groups in total. The van der Waals surface area contributed by atoms with E-state index >= 15 is 0 Å². The van der Waals surface area contributed by atoms with E-state index in [1.165, 1.54) is 154 Å². The standard InChI is InChI=1S/C41H76O4/c1-3-5-7-9-11-13-15-17-18-19-20-21-22-23-24-25-27-29-31-33-35-37-41(44)45-39(38-40(42)43)36-34-32-30-28-26-16-14-12-10-8-6-4-2/h11,13,17-18,39H,3-10,12,14-16,19-38H2,1-2H3,(H,42,43)/b13-11-,18-17-. The Morgan fingerprint density at radius 1 is 0.511 bits per heavy atom. The number of allylic oxidation sites excluding steroid dienone is 4. The van der Waals surface area contributed by atoms with Crippen LogP contribution < -0.4 is 0 Å². The van der Waals surface area contributed by atoms with Gasteiger partial charge in [-0.1, -0.05) is 179 Å². The average molecular weight is 633 g/mol. The maximum Gasteiger partial charge on any atom is 0.307 e. The number of rotatable bonds is 36. The number of hydrogen-bond acceptors (Lipinski definition) is 3. The maximum absolute atomic E-state index is 12.3. The van der Waals surface area contributed by atoms with Crippen molar-refractivity contribution in [2.24, 2.45) is 0 Å². The van der Waals surface area contributed by atoms with Crippen molar-refractivity contribution in [1.82, 2.24) is 0 Å². The number of unbranched alkanes of at least 4 members (excludes halogenated alkanes) is 25. The van der Waals surface area contributed by atoms with Gasteiger partial charge in [0.2, 0.25) is 0 Å². The van der Waals surface area contributed by atoms with E-state index in [9.17, 15) is 14.7 Å². The van der Waals surface area contributed by atoms with E-state index in [0.29, 0.717) is 12.8 Å². The number of carboxylic acids is 1. The highest BCUT2D eigenvalue weighted by Crippen LogP contribution is 2.17. The van der Waals surface area contributed by atoms with Crippen LogP contribution in [0.25, 0.3) is 0 Å². The summed E-state index contributed by atoms with van der Waals surface area (Å²) in [4.78, 5) is 23.6. The number of aliphatic carboxylic acids is 1. The normalized spacial score (nSPS) is 12.4. The molecule has 0 fully saturated rings. The van der Waals surface area contributed by atoms with Gasteiger partial charge in [0.15, 0.2) is 0 Å². The molecule has 0 heterocycles. The van der Waals surface area contributed by atoms with Gasteiger partial charge in [-0.15, -0.1) is 0 Å². The summed E-state index contributed by atoms with van der Waals surface area (Å²) in [5, 5.41) is 9.25. The van der Waals surface area contributed by atoms with Gasteiger partial charge in [0.1, 0.15) is 6.10 Å². The SMILES string of the molecule is CCCCC/C=C\C/C=C\CCCCCCCCCCCCCC(=O)OC(CCCCCCCCCCCCCC)CC(=O)O. The molecule has 0 saturated heterocycles. The lowest BCUT2D eigenvalue weighted by Crippen LogP contribution is -2.21. The molecule has 0 saturated carbocycles. The second kappa shape index (κ2) is 36.9. The van der Waals surface area contributed by atoms with E-state index in [1.807, 2.05) is 0 Å². The second-order valence-electron chi connectivity index (χ2n) is 13.5. The van der Waals surface area contributed by atoms with Gasteiger partial charge < -0.3 is 9.84 Å². The Bertz CT molecular complexity index is 683. The predicted octanol–water partition coefficient (Wildman–Crippen LogP) is 13.6. The molecule has 264 valence electrons. The van der Waals surface area contributed by atoms with Crippen LogP contribution in [-0.2, 0) is 14.3 Å². The summed E-state index contributed by atoms with van der Waals surface area (Å²) in [6.45, 7) is 4.51. The minimum Gasteiger partial charge on any atom is -0.481 e. The molecule has 0 aromatic heterocycles. The molecule has 0 aliphatic carbocycles. The second-order valence-corrected chi connectivity index (χ2v) is 13.5. The molecule has 1 unspecified atom stereocenters. The molecule has 0 aromatic rings. The number of hydrogen-bond donors (Lipinski definition) is 1. The molecule has 0 spiro atoms. The molecule has 4 nitrogen and oxygen atoms in total. The minimum absolute atomic E-state index is 0.0715. The van der Waals surface area contributed by atoms with E-state index in [-0.39, 0.29) is 12.4 Å². The van der Waals surface area contributed by atoms with Crippen LogP contribution in [0, 0.1) is 0 Å². The maximum atomic E-state index is 12.3. The first-order chi connectivity index (χ1) is 22.1. The largest absolute Gasteiger partial charge is 0.481 e. The first-order valence-corrected chi connectivity index (χ1v) is 19.8. The number of esters is 1. The quantitative estimate of drug-likeness (QED) is 0.0424. The monoisotopic (exact) mass is 633 g/mol. The van der Waals surface area contributed by atoms with E-state index in [4.69, 9.17) is 4.74 Å². The van der Waals surface area contributed by atoms with Gasteiger partial charge in [-0.25, -0.2) is 0 Å². The minimum atomic E-state index is -0.879. The zero-order valence-electron chi connectivity index (χ0n) is 30.2. The Morgan fingerprint density at radius 2 is 0.889 bits per heavy atom. The van der Waals surface area contributed by atoms with Crippen molar-refractivity contribution in [3.63, 3.8) is 0 Å². The lowest BCUT2D eigenvalue weighted by Gasteiger charge is -2.16. The summed E-state index contributed by atoms with van der Waals surface area (Å²) >= 11 is 0. The zero-order valence-corrected chi connectivity index (χ0v) is 30.2. The fourth-order valence-corrected chi connectivity index (χ4v) is 6.00. The summed E-state index contributed by atoms with van der Waals surface area (Å²) in [7, 11) is 0. The van der Waals surface area contributed by atoms with Gasteiger partial charge >= 0.3 is 11.9 Å². The molecule has 4 heteroatoms. The van der Waals surface area contributed by atoms with Crippen LogP contribution in [0.4, 0.5) is 0 Å². The van der Waals surface area contributed by atoms with Crippen LogP contribution >= 0.6 is 0 Å². The molecule has 1 atom stereocenters. The van der Waals surface area contributed by atoms with Crippen LogP contribution in [0.15, 0.2) is 24.3 Å². The third kappa shape index (κ3) is 36.8. The average Bonchev–Trinajstić information content (AvgIpc) is 3.02. The van der Waals surface area contributed by atoms with E-state index in [0.717, 1.165) is 32.1 Å². The van der Waals surface area contributed by atoms with E-state index in [2.05, 4.69) is 38.2 Å². The highest BCUT2D eigenvalue weighted by molar-refractivity contribution is 5.71. The van der Waals surface area contributed by atoms with E-state index < -0.39 is 12.1 Å². The smallest absolute Gasteiger partial charge is 0.307 e. The molecule has 0 aliphatic heterocycles. The summed E-state index contributed by atoms with van der Waals surface area (Å²) in [6.07, 6.45) is 46.3. The van der Waals surface area contributed by atoms with Crippen LogP contribution in [-0.4, -0.2) is 23.1 Å². The highest BCUT2D eigenvalue weighted by atomic mass is 16.5. The molecular formula is C41H76O4. The Kier molecular flexibility index (Phi) is 35.6. The third-order valence-corrected chi connectivity index (χ3v) is 8.91. The highest BCUT2D eigenvalue weighted by Gasteiger charge is 2.17. The molecule has 0 amide bonds. The van der Waals surface area contributed by atoms with Gasteiger partial charge in [-0.05, 0) is 51.4 Å². The number of carbonyl (C=O) groups excluding carboxylic acids is 1. The van der Waals surface area contributed by atoms with E-state index in [1.54, 1.807) is 0 Å². The molecule has 0 aromatic carbocycles. The fraction of sp³-hybridized carbons (Fsp3) is 0.854. The molecule has 0 bridgehead atoms. The summed E-state index contributed by atoms with van der Waals surface area (Å²) in [5.41, 5.74) is 0. The van der Waals surface area contributed by atoms with Gasteiger partial charge in [0.25, 0.3) is 0 Å². The third-order valence-electron chi connectivity index (χ3n) is 8.91. The molecule has 0 radical (unpaired) electrons. The van der Waals surface area contributed by atoms with Crippen molar-refractivity contribution in [3.05, 3.63) is 24.3 Å². The molecule has 45 heavy (non-hydrogen) atoms. The number of ether oxygens (including phenoxy) is 1. The van der Waals surface area contributed by atoms with Crippen LogP contribution in [0.3, 0.4) is 0 Å². The number of carbonyl (C=O) groups is 2. The predicted molar refractivity (Wildman–Crippen MR) is 195 cm³/mol. The van der Waals surface area contributed by atoms with Crippen molar-refractivity contribution >= 4 is 11.9 Å². The fourth-order valence-electron chi connectivity index (χ4n) is 6.00. The van der Waals surface area contributed by atoms with Crippen molar-refractivity contribution < 1.29 is 19.4 Å². The zero-order chi connectivity index (χ0) is 32.9. The van der Waals surface area contributed by atoms with Crippen LogP contribution in [0.2, 0.25) is 0 Å². The van der Waals surface area contributed by atoms with Gasteiger partial charge in [-0.2, -0.15) is 0 Å². The lowest BCUT2D eigenvalue weighted by molar-refractivity contribution is -0.153. The summed E-state index contributed by atoms with van der Waals surface area (Å²) in [5.74, 6) is -1.10. The Labute approximate surface area is 280 Å². The molecule has 0 aliphatic rings. The Balaban J connectivity index is 3.59. The van der Waals surface area contributed by atoms with Crippen molar-refractivity contribution in [1.29, 1.82) is 0 Å². The van der Waals surface area contributed by atoms with Crippen molar-refractivity contribution in [3.8, 4) is 0 Å². The van der Waals surface area contributed by atoms with Gasteiger partial charge in [-0.3, -0.25) is 9.59 Å². The van der Waals surface area contributed by atoms with Crippen molar-refractivity contribution in [2.45, 2.75) is 225 Å². The Morgan fingerprint density at radius 3 is 1.36 bits per heavy atom.